The molecule has 0 amide bonds. The summed E-state index contributed by atoms with van der Waals surface area (Å²) in [7, 11) is 0. The number of para-hydroxylation sites is 1. The van der Waals surface area contributed by atoms with Gasteiger partial charge in [0.05, 0.1) is 11.1 Å². The molecule has 3 heterocycles. The molecule has 45 heavy (non-hydrogen) atoms. The van der Waals surface area contributed by atoms with Gasteiger partial charge in [-0.05, 0) is 72.3 Å². The van der Waals surface area contributed by atoms with Crippen molar-refractivity contribution in [2.24, 2.45) is 0 Å². The number of hydrogen-bond donors (Lipinski definition) is 0. The largest absolute Gasteiger partial charge is 2.00 e. The average Bonchev–Trinajstić information content (AvgIpc) is 3.59. The van der Waals surface area contributed by atoms with Crippen LogP contribution in [0.4, 0.5) is 5.69 Å². The Morgan fingerprint density at radius 3 is 2.38 bits per heavy atom. The normalized spacial score (nSPS) is 11.1. The number of nitro groups is 1. The number of benzene rings is 4. The summed E-state index contributed by atoms with van der Waals surface area (Å²) in [6, 6.07) is 30.2. The number of nitrogens with zero attached hydrogens (tertiary/aromatic N) is 5. The van der Waals surface area contributed by atoms with Gasteiger partial charge in [0.15, 0.2) is 0 Å². The van der Waals surface area contributed by atoms with Crippen molar-refractivity contribution in [3.63, 3.8) is 0 Å². The molecule has 0 radical (unpaired) electrons. The van der Waals surface area contributed by atoms with E-state index in [0.717, 1.165) is 61.0 Å². The summed E-state index contributed by atoms with van der Waals surface area (Å²) >= 11 is 0. The summed E-state index contributed by atoms with van der Waals surface area (Å²) in [5, 5.41) is 18.1. The molecular weight excluding hydrogens is 746 g/mol. The first-order valence-corrected chi connectivity index (χ1v) is 14.2. The van der Waals surface area contributed by atoms with Crippen LogP contribution in [0.15, 0.2) is 91.4 Å². The van der Waals surface area contributed by atoms with Crippen LogP contribution in [0.3, 0.4) is 0 Å². The molecule has 0 atom stereocenters. The van der Waals surface area contributed by atoms with Gasteiger partial charge in [-0.1, -0.05) is 30.6 Å². The Morgan fingerprint density at radius 2 is 1.62 bits per heavy atom. The van der Waals surface area contributed by atoms with Crippen LogP contribution in [0, 0.1) is 49.9 Å². The minimum absolute atomic E-state index is 0. The Labute approximate surface area is 274 Å². The van der Waals surface area contributed by atoms with E-state index in [4.69, 9.17) is 4.74 Å². The van der Waals surface area contributed by atoms with Crippen molar-refractivity contribution in [3.05, 3.63) is 136 Å². The molecule has 224 valence electrons. The van der Waals surface area contributed by atoms with Gasteiger partial charge in [-0.2, -0.15) is 16.7 Å². The molecule has 7 aromatic rings. The number of fused-ring (bicyclic) bond motifs is 3. The molecule has 3 aromatic heterocycles. The first kappa shape index (κ1) is 30.0. The van der Waals surface area contributed by atoms with Crippen LogP contribution >= 0.6 is 0 Å². The van der Waals surface area contributed by atoms with Crippen molar-refractivity contribution in [2.75, 3.05) is 0 Å². The molecule has 0 N–H and O–H groups in total. The Morgan fingerprint density at radius 1 is 0.844 bits per heavy atom. The van der Waals surface area contributed by atoms with Crippen molar-refractivity contribution >= 4 is 27.5 Å². The third kappa shape index (κ3) is 5.54. The van der Waals surface area contributed by atoms with E-state index >= 15 is 0 Å². The summed E-state index contributed by atoms with van der Waals surface area (Å²) < 4.78 is 10.2. The van der Waals surface area contributed by atoms with Crippen LogP contribution in [0.1, 0.15) is 22.3 Å². The fourth-order valence-electron chi connectivity index (χ4n) is 5.86. The van der Waals surface area contributed by atoms with Crippen molar-refractivity contribution in [1.82, 2.24) is 19.3 Å². The van der Waals surface area contributed by atoms with E-state index in [2.05, 4.69) is 58.0 Å². The molecule has 0 aliphatic rings. The molecule has 0 spiro atoms. The maximum absolute atomic E-state index is 11.3. The summed E-state index contributed by atoms with van der Waals surface area (Å²) in [6.45, 7) is 7.80. The molecule has 7 rings (SSSR count). The van der Waals surface area contributed by atoms with Gasteiger partial charge in [0.1, 0.15) is 5.82 Å². The Kier molecular flexibility index (Phi) is 7.85. The zero-order valence-electron chi connectivity index (χ0n) is 24.9. The van der Waals surface area contributed by atoms with E-state index in [9.17, 15) is 10.1 Å². The summed E-state index contributed by atoms with van der Waals surface area (Å²) in [4.78, 5) is 15.6. The summed E-state index contributed by atoms with van der Waals surface area (Å²) in [5.74, 6) is 1.91. The third-order valence-electron chi connectivity index (χ3n) is 7.73. The molecule has 0 bridgehead atoms. The van der Waals surface area contributed by atoms with Gasteiger partial charge in [-0.3, -0.25) is 14.8 Å². The Balaban J connectivity index is 0.00000357. The zero-order valence-corrected chi connectivity index (χ0v) is 27.2. The minimum Gasteiger partial charge on any atom is -0.509 e. The molecule has 0 aliphatic heterocycles. The molecule has 0 unspecified atom stereocenters. The second-order valence-corrected chi connectivity index (χ2v) is 11.0. The quantitative estimate of drug-likeness (QED) is 0.0961. The fraction of sp³-hybridized carbons (Fsp3) is 0.111. The molecule has 0 fully saturated rings. The smallest absolute Gasteiger partial charge is 0.509 e. The van der Waals surface area contributed by atoms with Crippen LogP contribution in [0.25, 0.3) is 44.4 Å². The number of non-ortho nitro benzene ring substituents is 1. The number of hydrogen-bond acceptors (Lipinski definition) is 5. The topological polar surface area (TPSA) is 88.0 Å². The number of pyridine rings is 1. The molecule has 9 heteroatoms. The first-order chi connectivity index (χ1) is 21.2. The van der Waals surface area contributed by atoms with Gasteiger partial charge in [0, 0.05) is 47.1 Å². The second kappa shape index (κ2) is 11.8. The van der Waals surface area contributed by atoms with E-state index in [1.54, 1.807) is 23.0 Å². The van der Waals surface area contributed by atoms with Crippen LogP contribution < -0.4 is 4.74 Å². The van der Waals surface area contributed by atoms with Crippen LogP contribution in [-0.4, -0.2) is 24.3 Å². The molecular formula is C36H27N5O3Pt. The molecule has 0 saturated carbocycles. The molecule has 8 nitrogen and oxygen atoms in total. The average molecular weight is 773 g/mol. The van der Waals surface area contributed by atoms with E-state index in [0.29, 0.717) is 17.2 Å². The van der Waals surface area contributed by atoms with Gasteiger partial charge in [-0.25, -0.2) is 4.98 Å². The zero-order chi connectivity index (χ0) is 30.5. The number of ether oxygens (including phenoxy) is 1. The van der Waals surface area contributed by atoms with Crippen LogP contribution in [-0.2, 0) is 21.1 Å². The number of aromatic nitrogens is 4. The molecule has 4 aromatic carbocycles. The standard InChI is InChI=1S/C36H27N5O3.Pt/c1-22-11-12-37-35(15-22)40-33-8-6-5-7-31(33)32-10-9-29(19-34(32)40)44-30-14-23(2)13-27(18-30)39-21-26(20-38-39)36-24(3)16-28(41(42)43)17-25(36)4;/h5-17,20-21H,1-4H3;/q-2;+2. The van der Waals surface area contributed by atoms with Crippen molar-refractivity contribution in [3.8, 4) is 34.1 Å². The molecule has 0 saturated heterocycles. The van der Waals surface area contributed by atoms with E-state index in [1.807, 2.05) is 69.6 Å². The Hall–Kier alpha value is -5.07. The number of nitro benzene ring substituents is 1. The van der Waals surface area contributed by atoms with Gasteiger partial charge in [-0.15, -0.1) is 35.7 Å². The van der Waals surface area contributed by atoms with Crippen molar-refractivity contribution in [2.45, 2.75) is 27.7 Å². The first-order valence-electron chi connectivity index (χ1n) is 14.2. The van der Waals surface area contributed by atoms with Crippen LogP contribution in [0.2, 0.25) is 0 Å². The van der Waals surface area contributed by atoms with Crippen molar-refractivity contribution < 1.29 is 30.7 Å². The SMILES string of the molecule is Cc1cc(Oc2[c-]c3c(cc2)c2ccccc2n3-c2cc(C)ccn2)[c-]c(-n2cc(-c3c(C)cc([N+](=O)[O-])cc3C)cn2)c1.[Pt+2]. The van der Waals surface area contributed by atoms with Gasteiger partial charge >= 0.3 is 21.1 Å². The second-order valence-electron chi connectivity index (χ2n) is 11.0. The maximum Gasteiger partial charge on any atom is 2.00 e. The number of aryl methyl sites for hydroxylation is 4. The van der Waals surface area contributed by atoms with Crippen LogP contribution in [0.5, 0.6) is 11.5 Å². The predicted octanol–water partition coefficient (Wildman–Crippen LogP) is 8.56. The molecule has 0 aliphatic carbocycles. The number of rotatable bonds is 6. The van der Waals surface area contributed by atoms with E-state index in [-0.39, 0.29) is 31.7 Å². The summed E-state index contributed by atoms with van der Waals surface area (Å²) in [5.41, 5.74) is 8.24. The van der Waals surface area contributed by atoms with Gasteiger partial charge in [0.2, 0.25) is 0 Å². The Bertz CT molecular complexity index is 2230. The van der Waals surface area contributed by atoms with Crippen molar-refractivity contribution in [1.29, 1.82) is 0 Å². The maximum atomic E-state index is 11.3. The minimum atomic E-state index is -0.370. The van der Waals surface area contributed by atoms with Gasteiger partial charge in [0.25, 0.3) is 5.69 Å². The fourth-order valence-corrected chi connectivity index (χ4v) is 5.86. The summed E-state index contributed by atoms with van der Waals surface area (Å²) in [6.07, 6.45) is 5.49. The predicted molar refractivity (Wildman–Crippen MR) is 171 cm³/mol. The monoisotopic (exact) mass is 772 g/mol. The van der Waals surface area contributed by atoms with E-state index < -0.39 is 0 Å². The third-order valence-corrected chi connectivity index (χ3v) is 7.73. The van der Waals surface area contributed by atoms with Gasteiger partial charge < -0.3 is 9.30 Å². The van der Waals surface area contributed by atoms with E-state index in [1.165, 1.54) is 0 Å².